The monoisotopic (exact) mass is 417 g/mol. The maximum atomic E-state index is 13.6. The molecule has 0 radical (unpaired) electrons. The molecular formula is C20H24FN5O2S. The summed E-state index contributed by atoms with van der Waals surface area (Å²) in [6, 6.07) is 4.49. The van der Waals surface area contributed by atoms with Gasteiger partial charge >= 0.3 is 0 Å². The molecule has 4 rings (SSSR count). The molecule has 1 fully saturated rings. The topological polar surface area (TPSA) is 63.5 Å². The van der Waals surface area contributed by atoms with E-state index < -0.39 is 0 Å². The molecule has 2 aromatic heterocycles. The molecule has 0 aliphatic carbocycles. The van der Waals surface area contributed by atoms with Crippen molar-refractivity contribution in [2.24, 2.45) is 7.05 Å². The molecule has 0 atom stereocenters. The number of carbonyl (C=O) groups excluding carboxylic acids is 1. The minimum atomic E-state index is -0.307. The van der Waals surface area contributed by atoms with Crippen LogP contribution in [0.3, 0.4) is 0 Å². The van der Waals surface area contributed by atoms with Crippen LogP contribution in [-0.2, 0) is 11.8 Å². The smallest absolute Gasteiger partial charge is 0.280 e. The maximum Gasteiger partial charge on any atom is 0.280 e. The summed E-state index contributed by atoms with van der Waals surface area (Å²) in [7, 11) is 1.80. The van der Waals surface area contributed by atoms with Crippen molar-refractivity contribution in [3.63, 3.8) is 0 Å². The number of rotatable bonds is 6. The fourth-order valence-corrected chi connectivity index (χ4v) is 4.52. The first-order valence-electron chi connectivity index (χ1n) is 9.69. The number of nitrogens with zero attached hydrogens (tertiary/aromatic N) is 5. The number of fused-ring (bicyclic) bond motifs is 1. The molecule has 1 aliphatic heterocycles. The van der Waals surface area contributed by atoms with Crippen molar-refractivity contribution in [2.75, 3.05) is 44.3 Å². The number of aromatic nitrogens is 3. The van der Waals surface area contributed by atoms with Crippen molar-refractivity contribution in [2.45, 2.75) is 13.3 Å². The summed E-state index contributed by atoms with van der Waals surface area (Å²) in [5.74, 6) is -0.483. The quantitative estimate of drug-likeness (QED) is 0.617. The first kappa shape index (κ1) is 19.9. The van der Waals surface area contributed by atoms with Gasteiger partial charge in [-0.15, -0.1) is 0 Å². The van der Waals surface area contributed by atoms with Gasteiger partial charge in [0.15, 0.2) is 10.8 Å². The van der Waals surface area contributed by atoms with Crippen molar-refractivity contribution >= 4 is 32.6 Å². The fourth-order valence-electron chi connectivity index (χ4n) is 3.51. The fraction of sp³-hybridized carbons (Fsp3) is 0.450. The van der Waals surface area contributed by atoms with E-state index in [1.54, 1.807) is 22.7 Å². The van der Waals surface area contributed by atoms with E-state index in [1.165, 1.54) is 23.5 Å². The number of anilines is 1. The van der Waals surface area contributed by atoms with E-state index in [9.17, 15) is 9.18 Å². The maximum absolute atomic E-state index is 13.6. The van der Waals surface area contributed by atoms with Gasteiger partial charge in [0, 0.05) is 45.0 Å². The van der Waals surface area contributed by atoms with Gasteiger partial charge in [-0.2, -0.15) is 5.10 Å². The van der Waals surface area contributed by atoms with Crippen molar-refractivity contribution in [3.8, 4) is 0 Å². The van der Waals surface area contributed by atoms with Crippen LogP contribution in [0.4, 0.5) is 9.52 Å². The van der Waals surface area contributed by atoms with E-state index >= 15 is 0 Å². The number of thiazole rings is 1. The normalized spacial score (nSPS) is 15.1. The highest BCUT2D eigenvalue weighted by molar-refractivity contribution is 7.22. The number of aryl methyl sites for hydroxylation is 2. The van der Waals surface area contributed by atoms with Gasteiger partial charge in [-0.05, 0) is 31.5 Å². The molecule has 1 amide bonds. The first-order valence-corrected chi connectivity index (χ1v) is 10.5. The number of carbonyl (C=O) groups is 1. The molecule has 1 aliphatic rings. The lowest BCUT2D eigenvalue weighted by Crippen LogP contribution is -2.39. The van der Waals surface area contributed by atoms with Crippen LogP contribution in [0, 0.1) is 12.7 Å². The van der Waals surface area contributed by atoms with Gasteiger partial charge in [0.1, 0.15) is 5.82 Å². The van der Waals surface area contributed by atoms with Gasteiger partial charge in [0.2, 0.25) is 0 Å². The van der Waals surface area contributed by atoms with E-state index in [2.05, 4.69) is 15.0 Å². The Balaban J connectivity index is 1.58. The summed E-state index contributed by atoms with van der Waals surface area (Å²) >= 11 is 1.33. The number of amides is 1. The van der Waals surface area contributed by atoms with Gasteiger partial charge < -0.3 is 4.74 Å². The molecule has 3 aromatic rings. The Kier molecular flexibility index (Phi) is 5.89. The van der Waals surface area contributed by atoms with Gasteiger partial charge in [0.05, 0.1) is 23.4 Å². The lowest BCUT2D eigenvalue weighted by Gasteiger charge is -2.27. The van der Waals surface area contributed by atoms with Crippen LogP contribution in [-0.4, -0.2) is 65.0 Å². The zero-order valence-corrected chi connectivity index (χ0v) is 17.4. The zero-order valence-electron chi connectivity index (χ0n) is 16.6. The van der Waals surface area contributed by atoms with Gasteiger partial charge in [-0.25, -0.2) is 9.37 Å². The minimum absolute atomic E-state index is 0.176. The van der Waals surface area contributed by atoms with Crippen LogP contribution in [0.15, 0.2) is 24.4 Å². The summed E-state index contributed by atoms with van der Waals surface area (Å²) in [4.78, 5) is 21.9. The average Bonchev–Trinajstić information content (AvgIpc) is 3.27. The number of hydrogen-bond donors (Lipinski definition) is 0. The molecule has 9 heteroatoms. The predicted octanol–water partition coefficient (Wildman–Crippen LogP) is 2.85. The summed E-state index contributed by atoms with van der Waals surface area (Å²) in [6.45, 7) is 6.60. The molecule has 154 valence electrons. The minimum Gasteiger partial charge on any atom is -0.379 e. The Morgan fingerprint density at radius 2 is 2.14 bits per heavy atom. The number of ether oxygens (including phenoxy) is 1. The first-order chi connectivity index (χ1) is 14.0. The summed E-state index contributed by atoms with van der Waals surface area (Å²) < 4.78 is 21.4. The Morgan fingerprint density at radius 3 is 2.86 bits per heavy atom. The Morgan fingerprint density at radius 1 is 1.34 bits per heavy atom. The highest BCUT2D eigenvalue weighted by Crippen LogP contribution is 2.30. The van der Waals surface area contributed by atoms with Crippen molar-refractivity contribution < 1.29 is 13.9 Å². The summed E-state index contributed by atoms with van der Waals surface area (Å²) in [6.07, 6.45) is 2.63. The molecule has 0 unspecified atom stereocenters. The van der Waals surface area contributed by atoms with Gasteiger partial charge in [-0.3, -0.25) is 19.3 Å². The third-order valence-electron chi connectivity index (χ3n) is 4.99. The van der Waals surface area contributed by atoms with E-state index in [4.69, 9.17) is 4.74 Å². The largest absolute Gasteiger partial charge is 0.379 e. The second-order valence-corrected chi connectivity index (χ2v) is 8.22. The lowest BCUT2D eigenvalue weighted by atomic mass is 10.2. The van der Waals surface area contributed by atoms with E-state index in [-0.39, 0.29) is 11.7 Å². The van der Waals surface area contributed by atoms with Crippen LogP contribution < -0.4 is 4.90 Å². The zero-order chi connectivity index (χ0) is 20.4. The van der Waals surface area contributed by atoms with Gasteiger partial charge in [0.25, 0.3) is 5.91 Å². The molecule has 0 spiro atoms. The molecule has 1 aromatic carbocycles. The van der Waals surface area contributed by atoms with Gasteiger partial charge in [-0.1, -0.05) is 11.3 Å². The van der Waals surface area contributed by atoms with Crippen molar-refractivity contribution in [1.82, 2.24) is 19.7 Å². The van der Waals surface area contributed by atoms with Crippen molar-refractivity contribution in [3.05, 3.63) is 41.5 Å². The summed E-state index contributed by atoms with van der Waals surface area (Å²) in [5.41, 5.74) is 1.93. The SMILES string of the molecule is Cc1cn(C)nc1C(=O)N(CCCN1CCOCC1)c1nc2ccc(F)cc2s1. The molecule has 0 N–H and O–H groups in total. The summed E-state index contributed by atoms with van der Waals surface area (Å²) in [5, 5.41) is 4.91. The standard InChI is InChI=1S/C20H24FN5O2S/c1-14-13-24(2)23-18(14)19(27)26(7-3-6-25-8-10-28-11-9-25)20-22-16-5-4-15(21)12-17(16)29-20/h4-5,12-13H,3,6-11H2,1-2H3. The molecule has 0 saturated carbocycles. The second kappa shape index (κ2) is 8.56. The highest BCUT2D eigenvalue weighted by atomic mass is 32.1. The van der Waals surface area contributed by atoms with E-state index in [0.717, 1.165) is 49.5 Å². The Bertz CT molecular complexity index is 1010. The van der Waals surface area contributed by atoms with E-state index in [0.29, 0.717) is 22.9 Å². The number of hydrogen-bond acceptors (Lipinski definition) is 6. The second-order valence-electron chi connectivity index (χ2n) is 7.21. The third kappa shape index (κ3) is 4.47. The Labute approximate surface area is 172 Å². The predicted molar refractivity (Wildman–Crippen MR) is 111 cm³/mol. The molecular weight excluding hydrogens is 393 g/mol. The number of morpholine rings is 1. The number of halogens is 1. The van der Waals surface area contributed by atoms with Crippen LogP contribution in [0.25, 0.3) is 10.2 Å². The number of benzene rings is 1. The van der Waals surface area contributed by atoms with Crippen LogP contribution in [0.1, 0.15) is 22.5 Å². The average molecular weight is 418 g/mol. The third-order valence-corrected chi connectivity index (χ3v) is 6.03. The molecule has 1 saturated heterocycles. The Hall–Kier alpha value is -2.36. The van der Waals surface area contributed by atoms with Crippen LogP contribution >= 0.6 is 11.3 Å². The lowest BCUT2D eigenvalue weighted by molar-refractivity contribution is 0.0376. The van der Waals surface area contributed by atoms with Crippen LogP contribution in [0.5, 0.6) is 0 Å². The van der Waals surface area contributed by atoms with E-state index in [1.807, 2.05) is 13.1 Å². The molecule has 7 nitrogen and oxygen atoms in total. The molecule has 0 bridgehead atoms. The molecule has 3 heterocycles. The van der Waals surface area contributed by atoms with Crippen LogP contribution in [0.2, 0.25) is 0 Å². The molecule has 29 heavy (non-hydrogen) atoms. The highest BCUT2D eigenvalue weighted by Gasteiger charge is 2.25. The van der Waals surface area contributed by atoms with Crippen molar-refractivity contribution in [1.29, 1.82) is 0 Å².